The summed E-state index contributed by atoms with van der Waals surface area (Å²) < 4.78 is 16.8. The lowest BCUT2D eigenvalue weighted by atomic mass is 10.1. The van der Waals surface area contributed by atoms with Crippen LogP contribution in [0.5, 0.6) is 10.9 Å². The maximum absolute atomic E-state index is 7.36. The van der Waals surface area contributed by atoms with Gasteiger partial charge in [0, 0.05) is 11.5 Å². The molecule has 0 aliphatic carbocycles. The van der Waals surface area contributed by atoms with E-state index in [9.17, 15) is 0 Å². The van der Waals surface area contributed by atoms with Crippen molar-refractivity contribution < 1.29 is 10.9 Å². The molecule has 3 aromatic rings. The van der Waals surface area contributed by atoms with Crippen molar-refractivity contribution in [2.24, 2.45) is 5.16 Å². The van der Waals surface area contributed by atoms with Crippen molar-refractivity contribution in [1.29, 1.82) is 0 Å². The molecule has 0 unspecified atom stereocenters. The quantitative estimate of drug-likeness (QED) is 0.572. The average molecular weight is 317 g/mol. The number of para-hydroxylation sites is 1. The van der Waals surface area contributed by atoms with Gasteiger partial charge >= 0.3 is 0 Å². The standard InChI is InChI=1S/C13H12N6O2S/c1-8-16-12(18-17-8)11(19-20-2)9-5-3-4-6-10(9)21-13-14-7-15-22-13/h3-7H,1-2H3,(H,16,17,18)/i7D. The third-order valence-electron chi connectivity index (χ3n) is 2.64. The van der Waals surface area contributed by atoms with E-state index in [0.717, 1.165) is 11.5 Å². The Hall–Kier alpha value is -2.81. The van der Waals surface area contributed by atoms with Gasteiger partial charge in [-0.05, 0) is 19.1 Å². The van der Waals surface area contributed by atoms with Gasteiger partial charge in [-0.25, -0.2) is 4.98 Å². The first-order valence-corrected chi connectivity index (χ1v) is 7.03. The molecule has 0 aliphatic rings. The van der Waals surface area contributed by atoms with Crippen molar-refractivity contribution in [3.8, 4) is 10.9 Å². The third kappa shape index (κ3) is 2.93. The summed E-state index contributed by atoms with van der Waals surface area (Å²) in [6.45, 7) is 1.79. The molecule has 0 aliphatic heterocycles. The summed E-state index contributed by atoms with van der Waals surface area (Å²) in [5, 5.41) is 11.1. The van der Waals surface area contributed by atoms with Gasteiger partial charge in [0.1, 0.15) is 26.4 Å². The zero-order valence-corrected chi connectivity index (χ0v) is 12.6. The monoisotopic (exact) mass is 317 g/mol. The summed E-state index contributed by atoms with van der Waals surface area (Å²) in [6.07, 6.45) is -0.0853. The molecule has 0 atom stereocenters. The molecular weight excluding hydrogens is 304 g/mol. The number of nitrogens with one attached hydrogen (secondary N) is 1. The molecular formula is C13H12N6O2S. The molecule has 0 saturated heterocycles. The Labute approximate surface area is 131 Å². The third-order valence-corrected chi connectivity index (χ3v) is 3.14. The van der Waals surface area contributed by atoms with E-state index < -0.39 is 0 Å². The Bertz CT molecular complexity index is 846. The maximum Gasteiger partial charge on any atom is 0.298 e. The normalized spacial score (nSPS) is 12.1. The lowest BCUT2D eigenvalue weighted by Gasteiger charge is -2.08. The number of ether oxygens (including phenoxy) is 1. The fraction of sp³-hybridized carbons (Fsp3) is 0.154. The molecule has 0 bridgehead atoms. The minimum Gasteiger partial charge on any atom is -0.429 e. The Morgan fingerprint density at radius 1 is 1.41 bits per heavy atom. The topological polar surface area (TPSA) is 98.2 Å². The smallest absolute Gasteiger partial charge is 0.298 e. The second-order valence-corrected chi connectivity index (χ2v) is 4.84. The van der Waals surface area contributed by atoms with Gasteiger partial charge in [-0.2, -0.15) is 14.5 Å². The molecule has 0 amide bonds. The first-order chi connectivity index (χ1) is 11.2. The summed E-state index contributed by atoms with van der Waals surface area (Å²) in [5.41, 5.74) is 1.05. The van der Waals surface area contributed by atoms with Crippen LogP contribution >= 0.6 is 11.5 Å². The number of aromatic amines is 1. The van der Waals surface area contributed by atoms with Crippen LogP contribution in [0.15, 0.2) is 35.7 Å². The van der Waals surface area contributed by atoms with Crippen molar-refractivity contribution in [2.45, 2.75) is 6.92 Å². The molecule has 0 radical (unpaired) electrons. The maximum atomic E-state index is 7.36. The van der Waals surface area contributed by atoms with Crippen LogP contribution in [0.25, 0.3) is 0 Å². The molecule has 8 nitrogen and oxygen atoms in total. The van der Waals surface area contributed by atoms with Crippen molar-refractivity contribution in [1.82, 2.24) is 24.5 Å². The molecule has 2 aromatic heterocycles. The Balaban J connectivity index is 2.02. The van der Waals surface area contributed by atoms with E-state index >= 15 is 0 Å². The predicted molar refractivity (Wildman–Crippen MR) is 80.2 cm³/mol. The molecule has 1 aromatic carbocycles. The van der Waals surface area contributed by atoms with Gasteiger partial charge < -0.3 is 9.57 Å². The van der Waals surface area contributed by atoms with Crippen LogP contribution < -0.4 is 4.74 Å². The Morgan fingerprint density at radius 2 is 2.27 bits per heavy atom. The van der Waals surface area contributed by atoms with Crippen LogP contribution in [-0.4, -0.2) is 37.4 Å². The van der Waals surface area contributed by atoms with Crippen LogP contribution in [-0.2, 0) is 4.84 Å². The highest BCUT2D eigenvalue weighted by atomic mass is 32.1. The molecule has 112 valence electrons. The van der Waals surface area contributed by atoms with Crippen molar-refractivity contribution in [3.63, 3.8) is 0 Å². The summed E-state index contributed by atoms with van der Waals surface area (Å²) in [5.74, 6) is 1.53. The molecule has 9 heteroatoms. The van der Waals surface area contributed by atoms with Gasteiger partial charge in [-0.15, -0.1) is 0 Å². The van der Waals surface area contributed by atoms with Gasteiger partial charge in [0.2, 0.25) is 5.82 Å². The minimum absolute atomic E-state index is 0.0853. The van der Waals surface area contributed by atoms with Crippen LogP contribution in [0.1, 0.15) is 18.6 Å². The predicted octanol–water partition coefficient (Wildman–Crippen LogP) is 2.16. The van der Waals surface area contributed by atoms with Gasteiger partial charge in [0.05, 0.1) is 5.56 Å². The van der Waals surface area contributed by atoms with Crippen LogP contribution in [0.3, 0.4) is 0 Å². The van der Waals surface area contributed by atoms with E-state index in [4.69, 9.17) is 10.9 Å². The van der Waals surface area contributed by atoms with E-state index in [-0.39, 0.29) is 11.5 Å². The zero-order valence-electron chi connectivity index (χ0n) is 12.8. The Morgan fingerprint density at radius 3 is 2.95 bits per heavy atom. The number of hydrogen-bond acceptors (Lipinski definition) is 8. The molecule has 2 heterocycles. The summed E-state index contributed by atoms with van der Waals surface area (Å²) >= 11 is 0.999. The largest absolute Gasteiger partial charge is 0.429 e. The van der Waals surface area contributed by atoms with Crippen molar-refractivity contribution >= 4 is 17.2 Å². The van der Waals surface area contributed by atoms with E-state index in [1.165, 1.54) is 7.11 Å². The lowest BCUT2D eigenvalue weighted by Crippen LogP contribution is -2.08. The number of rotatable bonds is 5. The minimum atomic E-state index is -0.0853. The average Bonchev–Trinajstić information content (AvgIpc) is 3.14. The first kappa shape index (κ1) is 12.9. The SMILES string of the molecule is [2H]c1nsc(Oc2ccccc2C(=NOC)c2n[nH]c(C)n2)n1. The highest BCUT2D eigenvalue weighted by Crippen LogP contribution is 2.27. The highest BCUT2D eigenvalue weighted by molar-refractivity contribution is 7.07. The molecule has 0 fully saturated rings. The number of oxime groups is 1. The molecule has 3 rings (SSSR count). The van der Waals surface area contributed by atoms with Crippen LogP contribution in [0.4, 0.5) is 0 Å². The summed E-state index contributed by atoms with van der Waals surface area (Å²) in [7, 11) is 1.44. The fourth-order valence-corrected chi connectivity index (χ4v) is 2.15. The van der Waals surface area contributed by atoms with Gasteiger partial charge in [0.25, 0.3) is 5.19 Å². The fourth-order valence-electron chi connectivity index (χ4n) is 1.78. The number of hydrogen-bond donors (Lipinski definition) is 1. The molecule has 1 N–H and O–H groups in total. The van der Waals surface area contributed by atoms with Crippen LogP contribution in [0, 0.1) is 6.92 Å². The number of aryl methyl sites for hydroxylation is 1. The van der Waals surface area contributed by atoms with E-state index in [2.05, 4.69) is 29.7 Å². The number of aromatic nitrogens is 5. The Kier molecular flexibility index (Phi) is 3.70. The molecule has 0 saturated carbocycles. The van der Waals surface area contributed by atoms with Gasteiger partial charge in [0.15, 0.2) is 5.71 Å². The second kappa shape index (κ2) is 6.31. The van der Waals surface area contributed by atoms with Crippen LogP contribution in [0.2, 0.25) is 0 Å². The first-order valence-electron chi connectivity index (χ1n) is 6.75. The zero-order chi connectivity index (χ0) is 16.2. The number of nitrogens with zero attached hydrogens (tertiary/aromatic N) is 5. The van der Waals surface area contributed by atoms with Crippen molar-refractivity contribution in [2.75, 3.05) is 7.11 Å². The van der Waals surface area contributed by atoms with E-state index in [0.29, 0.717) is 28.7 Å². The summed E-state index contributed by atoms with van der Waals surface area (Å²) in [4.78, 5) is 13.1. The number of H-pyrrole nitrogens is 1. The van der Waals surface area contributed by atoms with Crippen molar-refractivity contribution in [3.05, 3.63) is 47.8 Å². The lowest BCUT2D eigenvalue weighted by molar-refractivity contribution is 0.213. The molecule has 0 spiro atoms. The van der Waals surface area contributed by atoms with E-state index in [1.807, 2.05) is 18.2 Å². The molecule has 22 heavy (non-hydrogen) atoms. The van der Waals surface area contributed by atoms with E-state index in [1.54, 1.807) is 13.0 Å². The second-order valence-electron chi connectivity index (χ2n) is 4.13. The van der Waals surface area contributed by atoms with Gasteiger partial charge in [-0.1, -0.05) is 17.3 Å². The highest BCUT2D eigenvalue weighted by Gasteiger charge is 2.18. The number of benzene rings is 1. The summed E-state index contributed by atoms with van der Waals surface area (Å²) in [6, 6.07) is 7.21. The van der Waals surface area contributed by atoms with Gasteiger partial charge in [-0.3, -0.25) is 5.10 Å².